The van der Waals surface area contributed by atoms with E-state index in [-0.39, 0.29) is 12.0 Å². The Hall–Kier alpha value is -1.33. The molecule has 76 valence electrons. The average molecular weight is 196 g/mol. The Labute approximate surface area is 81.4 Å². The summed E-state index contributed by atoms with van der Waals surface area (Å²) in [6.07, 6.45) is 2.22. The molecule has 1 atom stereocenters. The van der Waals surface area contributed by atoms with Crippen LogP contribution in [0.4, 0.5) is 0 Å². The van der Waals surface area contributed by atoms with Crippen molar-refractivity contribution in [3.8, 4) is 0 Å². The average Bonchev–Trinajstić information content (AvgIpc) is 2.88. The summed E-state index contributed by atoms with van der Waals surface area (Å²) in [4.78, 5) is 18.1. The Morgan fingerprint density at radius 1 is 1.71 bits per heavy atom. The van der Waals surface area contributed by atoms with E-state index in [1.54, 1.807) is 17.0 Å². The molecule has 1 unspecified atom stereocenters. The summed E-state index contributed by atoms with van der Waals surface area (Å²) < 4.78 is 5.01. The monoisotopic (exact) mass is 196 g/mol. The molecule has 0 spiro atoms. The van der Waals surface area contributed by atoms with Gasteiger partial charge >= 0.3 is 0 Å². The van der Waals surface area contributed by atoms with Crippen molar-refractivity contribution in [2.24, 2.45) is 5.90 Å². The molecule has 1 aliphatic heterocycles. The van der Waals surface area contributed by atoms with Gasteiger partial charge in [0.25, 0.3) is 5.91 Å². The second-order valence-corrected chi connectivity index (χ2v) is 3.28. The Morgan fingerprint density at radius 2 is 2.57 bits per heavy atom. The molecule has 0 radical (unpaired) electrons. The first-order valence-corrected chi connectivity index (χ1v) is 4.49. The molecule has 0 bridgehead atoms. The van der Waals surface area contributed by atoms with Crippen molar-refractivity contribution < 1.29 is 14.0 Å². The van der Waals surface area contributed by atoms with Crippen LogP contribution < -0.4 is 5.90 Å². The van der Waals surface area contributed by atoms with Gasteiger partial charge in [0.15, 0.2) is 5.76 Å². The third kappa shape index (κ3) is 1.64. The molecule has 14 heavy (non-hydrogen) atoms. The number of nitrogens with two attached hydrogens (primary N) is 1. The van der Waals surface area contributed by atoms with Crippen LogP contribution in [0.25, 0.3) is 0 Å². The van der Waals surface area contributed by atoms with Gasteiger partial charge in [-0.2, -0.15) is 0 Å². The van der Waals surface area contributed by atoms with Crippen molar-refractivity contribution in [3.05, 3.63) is 24.2 Å². The molecule has 1 amide bonds. The summed E-state index contributed by atoms with van der Waals surface area (Å²) in [5.41, 5.74) is 0. The Kier molecular flexibility index (Phi) is 2.51. The van der Waals surface area contributed by atoms with E-state index in [2.05, 4.69) is 4.84 Å². The molecule has 0 aromatic carbocycles. The van der Waals surface area contributed by atoms with E-state index in [4.69, 9.17) is 10.3 Å². The quantitative estimate of drug-likeness (QED) is 0.694. The van der Waals surface area contributed by atoms with Gasteiger partial charge in [-0.05, 0) is 18.6 Å². The number of nitrogens with zero attached hydrogens (tertiary/aromatic N) is 1. The number of furan rings is 1. The third-order valence-electron chi connectivity index (χ3n) is 2.36. The lowest BCUT2D eigenvalue weighted by Crippen LogP contribution is -2.30. The minimum absolute atomic E-state index is 0.0473. The highest BCUT2D eigenvalue weighted by Crippen LogP contribution is 2.14. The van der Waals surface area contributed by atoms with Crippen molar-refractivity contribution >= 4 is 5.91 Å². The lowest BCUT2D eigenvalue weighted by molar-refractivity contribution is 0.0526. The highest BCUT2D eigenvalue weighted by Gasteiger charge is 2.28. The van der Waals surface area contributed by atoms with Crippen LogP contribution in [0.15, 0.2) is 22.8 Å². The second-order valence-electron chi connectivity index (χ2n) is 3.28. The first-order valence-electron chi connectivity index (χ1n) is 4.49. The molecule has 1 aromatic rings. The lowest BCUT2D eigenvalue weighted by Gasteiger charge is -2.13. The highest BCUT2D eigenvalue weighted by molar-refractivity contribution is 5.91. The number of rotatable bonds is 2. The standard InChI is InChI=1S/C9H12N2O3/c10-14-7-3-4-11(6-7)9(12)8-2-1-5-13-8/h1-2,5,7H,3-4,6,10H2. The van der Waals surface area contributed by atoms with E-state index in [9.17, 15) is 4.79 Å². The van der Waals surface area contributed by atoms with Crippen molar-refractivity contribution in [3.63, 3.8) is 0 Å². The number of hydrogen-bond donors (Lipinski definition) is 1. The van der Waals surface area contributed by atoms with Crippen LogP contribution in [0.5, 0.6) is 0 Å². The normalized spacial score (nSPS) is 21.5. The van der Waals surface area contributed by atoms with Gasteiger partial charge in [0.05, 0.1) is 12.4 Å². The summed E-state index contributed by atoms with van der Waals surface area (Å²) in [7, 11) is 0. The smallest absolute Gasteiger partial charge is 0.289 e. The highest BCUT2D eigenvalue weighted by atomic mass is 16.6. The van der Waals surface area contributed by atoms with Crippen molar-refractivity contribution in [1.29, 1.82) is 0 Å². The first kappa shape index (κ1) is 9.23. The third-order valence-corrected chi connectivity index (χ3v) is 2.36. The molecule has 0 saturated carbocycles. The van der Waals surface area contributed by atoms with E-state index in [0.29, 0.717) is 18.8 Å². The van der Waals surface area contributed by atoms with Crippen LogP contribution in [-0.4, -0.2) is 30.0 Å². The fourth-order valence-electron chi connectivity index (χ4n) is 1.58. The summed E-state index contributed by atoms with van der Waals surface area (Å²) in [5, 5.41) is 0. The van der Waals surface area contributed by atoms with Crippen LogP contribution in [0.2, 0.25) is 0 Å². The second kappa shape index (κ2) is 3.81. The zero-order chi connectivity index (χ0) is 9.97. The molecule has 1 aromatic heterocycles. The largest absolute Gasteiger partial charge is 0.459 e. The van der Waals surface area contributed by atoms with E-state index < -0.39 is 0 Å². The summed E-state index contributed by atoms with van der Waals surface area (Å²) in [5.74, 6) is 5.31. The van der Waals surface area contributed by atoms with Gasteiger partial charge in [0.1, 0.15) is 0 Å². The van der Waals surface area contributed by atoms with E-state index in [0.717, 1.165) is 6.42 Å². The molecule has 2 rings (SSSR count). The SMILES string of the molecule is NOC1CCN(C(=O)c2ccco2)C1. The Bertz CT molecular complexity index is 310. The predicted octanol–water partition coefficient (Wildman–Crippen LogP) is 0.384. The van der Waals surface area contributed by atoms with Gasteiger partial charge in [-0.15, -0.1) is 0 Å². The molecule has 1 fully saturated rings. The minimum Gasteiger partial charge on any atom is -0.459 e. The molecular weight excluding hydrogens is 184 g/mol. The fourth-order valence-corrected chi connectivity index (χ4v) is 1.58. The maximum absolute atomic E-state index is 11.7. The zero-order valence-corrected chi connectivity index (χ0v) is 7.68. The molecule has 2 N–H and O–H groups in total. The van der Waals surface area contributed by atoms with Crippen LogP contribution >= 0.6 is 0 Å². The number of carbonyl (C=O) groups excluding carboxylic acids is 1. The molecule has 1 saturated heterocycles. The summed E-state index contributed by atoms with van der Waals surface area (Å²) in [6, 6.07) is 3.35. The van der Waals surface area contributed by atoms with Crippen LogP contribution in [0.3, 0.4) is 0 Å². The van der Waals surface area contributed by atoms with Crippen molar-refractivity contribution in [2.75, 3.05) is 13.1 Å². The fraction of sp³-hybridized carbons (Fsp3) is 0.444. The minimum atomic E-state index is -0.102. The van der Waals surface area contributed by atoms with Gasteiger partial charge < -0.3 is 9.32 Å². The predicted molar refractivity (Wildman–Crippen MR) is 48.3 cm³/mol. The molecule has 1 aliphatic rings. The van der Waals surface area contributed by atoms with E-state index in [1.165, 1.54) is 6.26 Å². The first-order chi connectivity index (χ1) is 6.81. The van der Waals surface area contributed by atoms with Gasteiger partial charge in [-0.3, -0.25) is 9.63 Å². The number of likely N-dealkylation sites (tertiary alicyclic amines) is 1. The summed E-state index contributed by atoms with van der Waals surface area (Å²) in [6.45, 7) is 1.21. The molecule has 2 heterocycles. The summed E-state index contributed by atoms with van der Waals surface area (Å²) >= 11 is 0. The maximum Gasteiger partial charge on any atom is 0.289 e. The van der Waals surface area contributed by atoms with Crippen molar-refractivity contribution in [2.45, 2.75) is 12.5 Å². The van der Waals surface area contributed by atoms with E-state index >= 15 is 0 Å². The van der Waals surface area contributed by atoms with Gasteiger partial charge in [0, 0.05) is 13.1 Å². The van der Waals surface area contributed by atoms with Crippen LogP contribution in [-0.2, 0) is 4.84 Å². The number of carbonyl (C=O) groups is 1. The number of hydrogen-bond acceptors (Lipinski definition) is 4. The number of amides is 1. The van der Waals surface area contributed by atoms with Crippen LogP contribution in [0.1, 0.15) is 17.0 Å². The van der Waals surface area contributed by atoms with E-state index in [1.807, 2.05) is 0 Å². The zero-order valence-electron chi connectivity index (χ0n) is 7.68. The topological polar surface area (TPSA) is 68.7 Å². The maximum atomic E-state index is 11.7. The molecule has 5 heteroatoms. The van der Waals surface area contributed by atoms with Gasteiger partial charge in [0.2, 0.25) is 0 Å². The molecule has 5 nitrogen and oxygen atoms in total. The molecular formula is C9H12N2O3. The van der Waals surface area contributed by atoms with Crippen molar-refractivity contribution in [1.82, 2.24) is 4.90 Å². The van der Waals surface area contributed by atoms with Crippen LogP contribution in [0, 0.1) is 0 Å². The Morgan fingerprint density at radius 3 is 3.14 bits per heavy atom. The molecule has 0 aliphatic carbocycles. The lowest BCUT2D eigenvalue weighted by atomic mass is 10.3. The van der Waals surface area contributed by atoms with Gasteiger partial charge in [-0.1, -0.05) is 0 Å². The van der Waals surface area contributed by atoms with Gasteiger partial charge in [-0.25, -0.2) is 5.90 Å². The Balaban J connectivity index is 2.00.